The first kappa shape index (κ1) is 10.0. The summed E-state index contributed by atoms with van der Waals surface area (Å²) in [5.41, 5.74) is 1.14. The van der Waals surface area contributed by atoms with Crippen LogP contribution in [-0.2, 0) is 0 Å². The molecule has 0 aliphatic carbocycles. The van der Waals surface area contributed by atoms with Gasteiger partial charge in [0, 0.05) is 5.75 Å². The molecule has 0 aliphatic heterocycles. The van der Waals surface area contributed by atoms with Crippen molar-refractivity contribution in [3.05, 3.63) is 12.2 Å². The molecule has 0 radical (unpaired) electrons. The maximum absolute atomic E-state index is 9.27. The summed E-state index contributed by atoms with van der Waals surface area (Å²) in [7, 11) is 0. The lowest BCUT2D eigenvalue weighted by Gasteiger charge is -2.08. The van der Waals surface area contributed by atoms with E-state index in [1.165, 1.54) is 0 Å². The zero-order chi connectivity index (χ0) is 7.98. The molecule has 10 heavy (non-hydrogen) atoms. The Balaban J connectivity index is 3.37. The number of hydrogen-bond acceptors (Lipinski definition) is 2. The van der Waals surface area contributed by atoms with Crippen molar-refractivity contribution in [2.75, 3.05) is 12.0 Å². The smallest absolute Gasteiger partial charge is 0.0667 e. The molecule has 0 saturated heterocycles. The second-order valence-corrected chi connectivity index (χ2v) is 3.33. The molecule has 1 N–H and O–H groups in total. The largest absolute Gasteiger partial charge is 0.392 e. The third-order valence-corrected chi connectivity index (χ3v) is 2.10. The third-order valence-electron chi connectivity index (χ3n) is 1.38. The number of aliphatic hydroxyl groups is 1. The Kier molecular flexibility index (Phi) is 5.84. The highest BCUT2D eigenvalue weighted by Crippen LogP contribution is 2.09. The van der Waals surface area contributed by atoms with E-state index in [0.29, 0.717) is 0 Å². The maximum atomic E-state index is 9.27. The third kappa shape index (κ3) is 4.89. The van der Waals surface area contributed by atoms with Crippen LogP contribution in [0.25, 0.3) is 0 Å². The first-order valence-electron chi connectivity index (χ1n) is 3.54. The zero-order valence-electron chi connectivity index (χ0n) is 6.76. The monoisotopic (exact) mass is 160 g/mol. The summed E-state index contributed by atoms with van der Waals surface area (Å²) < 4.78 is 0. The van der Waals surface area contributed by atoms with E-state index in [-0.39, 0.29) is 6.10 Å². The molecule has 0 heterocycles. The highest BCUT2D eigenvalue weighted by Gasteiger charge is 2.02. The summed E-state index contributed by atoms with van der Waals surface area (Å²) in [4.78, 5) is 0. The van der Waals surface area contributed by atoms with E-state index in [1.807, 2.05) is 6.26 Å². The highest BCUT2D eigenvalue weighted by molar-refractivity contribution is 7.98. The number of aliphatic hydroxyl groups excluding tert-OH is 1. The molecule has 2 heteroatoms. The molecule has 0 bridgehead atoms. The van der Waals surface area contributed by atoms with Crippen molar-refractivity contribution >= 4 is 11.8 Å². The lowest BCUT2D eigenvalue weighted by atomic mass is 10.1. The Labute approximate surface area is 67.5 Å². The van der Waals surface area contributed by atoms with Gasteiger partial charge in [-0.3, -0.25) is 0 Å². The minimum absolute atomic E-state index is 0.192. The van der Waals surface area contributed by atoms with Crippen molar-refractivity contribution in [2.45, 2.75) is 25.9 Å². The van der Waals surface area contributed by atoms with Crippen molar-refractivity contribution in [3.8, 4) is 0 Å². The van der Waals surface area contributed by atoms with Crippen LogP contribution in [0.5, 0.6) is 0 Å². The number of rotatable bonds is 5. The van der Waals surface area contributed by atoms with Crippen molar-refractivity contribution < 1.29 is 5.11 Å². The highest BCUT2D eigenvalue weighted by atomic mass is 32.2. The first-order valence-corrected chi connectivity index (χ1v) is 4.93. The fourth-order valence-corrected chi connectivity index (χ4v) is 1.23. The van der Waals surface area contributed by atoms with Gasteiger partial charge in [0.15, 0.2) is 0 Å². The molecule has 0 saturated carbocycles. The summed E-state index contributed by atoms with van der Waals surface area (Å²) in [6.07, 6.45) is 3.54. The van der Waals surface area contributed by atoms with E-state index in [0.717, 1.165) is 24.2 Å². The average Bonchev–Trinajstić information content (AvgIpc) is 1.88. The van der Waals surface area contributed by atoms with Crippen LogP contribution in [0.2, 0.25) is 0 Å². The SMILES string of the molecule is C=C(CC)CC(O)CSC. The van der Waals surface area contributed by atoms with E-state index in [1.54, 1.807) is 11.8 Å². The van der Waals surface area contributed by atoms with Gasteiger partial charge in [0.2, 0.25) is 0 Å². The van der Waals surface area contributed by atoms with Gasteiger partial charge in [-0.15, -0.1) is 0 Å². The molecular formula is C8H16OS. The summed E-state index contributed by atoms with van der Waals surface area (Å²) in [5.74, 6) is 0.818. The van der Waals surface area contributed by atoms with Gasteiger partial charge >= 0.3 is 0 Å². The summed E-state index contributed by atoms with van der Waals surface area (Å²) in [6.45, 7) is 5.89. The van der Waals surface area contributed by atoms with Gasteiger partial charge < -0.3 is 5.11 Å². The van der Waals surface area contributed by atoms with E-state index in [2.05, 4.69) is 13.5 Å². The van der Waals surface area contributed by atoms with Crippen molar-refractivity contribution in [3.63, 3.8) is 0 Å². The minimum Gasteiger partial charge on any atom is -0.392 e. The van der Waals surface area contributed by atoms with E-state index in [9.17, 15) is 5.11 Å². The second kappa shape index (κ2) is 5.81. The normalized spacial score (nSPS) is 13.1. The molecule has 1 unspecified atom stereocenters. The van der Waals surface area contributed by atoms with E-state index in [4.69, 9.17) is 0 Å². The Morgan fingerprint density at radius 1 is 1.70 bits per heavy atom. The quantitative estimate of drug-likeness (QED) is 0.621. The van der Waals surface area contributed by atoms with Gasteiger partial charge in [-0.05, 0) is 19.1 Å². The van der Waals surface area contributed by atoms with Gasteiger partial charge in [0.25, 0.3) is 0 Å². The zero-order valence-corrected chi connectivity index (χ0v) is 7.58. The Morgan fingerprint density at radius 2 is 2.30 bits per heavy atom. The first-order chi connectivity index (χ1) is 4.70. The molecule has 0 spiro atoms. The Bertz CT molecular complexity index is 101. The molecule has 0 aromatic rings. The van der Waals surface area contributed by atoms with Crippen LogP contribution < -0.4 is 0 Å². The van der Waals surface area contributed by atoms with Crippen molar-refractivity contribution in [2.24, 2.45) is 0 Å². The second-order valence-electron chi connectivity index (χ2n) is 2.42. The summed E-state index contributed by atoms with van der Waals surface area (Å²) in [6, 6.07) is 0. The van der Waals surface area contributed by atoms with E-state index < -0.39 is 0 Å². The van der Waals surface area contributed by atoms with Crippen molar-refractivity contribution in [1.29, 1.82) is 0 Å². The summed E-state index contributed by atoms with van der Waals surface area (Å²) >= 11 is 1.67. The van der Waals surface area contributed by atoms with Crippen LogP contribution in [0.4, 0.5) is 0 Å². The van der Waals surface area contributed by atoms with Gasteiger partial charge in [0.05, 0.1) is 6.10 Å². The lowest BCUT2D eigenvalue weighted by molar-refractivity contribution is 0.199. The van der Waals surface area contributed by atoms with Gasteiger partial charge in [-0.25, -0.2) is 0 Å². The molecule has 60 valence electrons. The minimum atomic E-state index is -0.192. The molecule has 0 aliphatic rings. The predicted molar refractivity (Wildman–Crippen MR) is 48.4 cm³/mol. The van der Waals surface area contributed by atoms with Gasteiger partial charge in [0.1, 0.15) is 0 Å². The molecule has 0 rings (SSSR count). The van der Waals surface area contributed by atoms with Crippen LogP contribution in [-0.4, -0.2) is 23.2 Å². The molecular weight excluding hydrogens is 144 g/mol. The van der Waals surface area contributed by atoms with Crippen LogP contribution in [0.15, 0.2) is 12.2 Å². The predicted octanol–water partition coefficient (Wildman–Crippen LogP) is 2.07. The molecule has 1 atom stereocenters. The Morgan fingerprint density at radius 3 is 2.70 bits per heavy atom. The number of thioether (sulfide) groups is 1. The van der Waals surface area contributed by atoms with Crippen molar-refractivity contribution in [1.82, 2.24) is 0 Å². The molecule has 0 fully saturated rings. The number of hydrogen-bond donors (Lipinski definition) is 1. The molecule has 0 aromatic carbocycles. The van der Waals surface area contributed by atoms with Gasteiger partial charge in [-0.2, -0.15) is 11.8 Å². The fourth-order valence-electron chi connectivity index (χ4n) is 0.729. The molecule has 0 amide bonds. The van der Waals surface area contributed by atoms with Crippen LogP contribution in [0, 0.1) is 0 Å². The maximum Gasteiger partial charge on any atom is 0.0667 e. The lowest BCUT2D eigenvalue weighted by Crippen LogP contribution is -2.09. The summed E-state index contributed by atoms with van der Waals surface area (Å²) in [5, 5.41) is 9.27. The van der Waals surface area contributed by atoms with Crippen LogP contribution in [0.3, 0.4) is 0 Å². The van der Waals surface area contributed by atoms with Crippen LogP contribution >= 0.6 is 11.8 Å². The van der Waals surface area contributed by atoms with E-state index >= 15 is 0 Å². The molecule has 0 aromatic heterocycles. The molecule has 1 nitrogen and oxygen atoms in total. The average molecular weight is 160 g/mol. The van der Waals surface area contributed by atoms with Crippen LogP contribution in [0.1, 0.15) is 19.8 Å². The fraction of sp³-hybridized carbons (Fsp3) is 0.750. The standard InChI is InChI=1S/C8H16OS/c1-4-7(2)5-8(9)6-10-3/h8-9H,2,4-6H2,1,3H3. The topological polar surface area (TPSA) is 20.2 Å². The Hall–Kier alpha value is 0.0500. The van der Waals surface area contributed by atoms with Gasteiger partial charge in [-0.1, -0.05) is 19.1 Å².